The SMILES string of the molecule is CC(C)C(NC(=O)Nc1n[nH]nc1C(=O)N1CCCC1)c1nccn1C. The lowest BCUT2D eigenvalue weighted by atomic mass is 10.0. The number of anilines is 1. The third kappa shape index (κ3) is 3.68. The number of carbonyl (C=O) groups excluding carboxylic acids is 2. The standard InChI is InChI=1S/C16H24N8O2/c1-10(2)11(14-17-6-9-23(14)3)18-16(26)19-13-12(20-22-21-13)15(25)24-7-4-5-8-24/h6,9-11H,4-5,7-8H2,1-3H3,(H3,18,19,20,21,22,26). The molecule has 2 aromatic heterocycles. The lowest BCUT2D eigenvalue weighted by Crippen LogP contribution is -2.37. The molecule has 1 aliphatic heterocycles. The normalized spacial score (nSPS) is 15.3. The van der Waals surface area contributed by atoms with Crippen LogP contribution < -0.4 is 10.6 Å². The smallest absolute Gasteiger partial charge is 0.321 e. The number of hydrogen-bond acceptors (Lipinski definition) is 5. The number of carbonyl (C=O) groups is 2. The van der Waals surface area contributed by atoms with Crippen LogP contribution in [0.15, 0.2) is 12.4 Å². The summed E-state index contributed by atoms with van der Waals surface area (Å²) in [4.78, 5) is 31.0. The lowest BCUT2D eigenvalue weighted by molar-refractivity contribution is 0.0788. The van der Waals surface area contributed by atoms with E-state index in [1.165, 1.54) is 0 Å². The molecule has 26 heavy (non-hydrogen) atoms. The molecule has 0 aliphatic carbocycles. The van der Waals surface area contributed by atoms with E-state index in [0.717, 1.165) is 18.7 Å². The molecule has 1 fully saturated rings. The second-order valence-electron chi connectivity index (χ2n) is 6.74. The van der Waals surface area contributed by atoms with Crippen molar-refractivity contribution in [3.63, 3.8) is 0 Å². The summed E-state index contributed by atoms with van der Waals surface area (Å²) in [6, 6.07) is -0.740. The van der Waals surface area contributed by atoms with Crippen LogP contribution in [0.1, 0.15) is 49.0 Å². The Morgan fingerprint density at radius 2 is 1.96 bits per heavy atom. The minimum absolute atomic E-state index is 0.125. The summed E-state index contributed by atoms with van der Waals surface area (Å²) >= 11 is 0. The van der Waals surface area contributed by atoms with Gasteiger partial charge >= 0.3 is 6.03 Å². The monoisotopic (exact) mass is 360 g/mol. The molecular weight excluding hydrogens is 336 g/mol. The van der Waals surface area contributed by atoms with Gasteiger partial charge in [0.2, 0.25) is 0 Å². The van der Waals surface area contributed by atoms with E-state index in [4.69, 9.17) is 0 Å². The van der Waals surface area contributed by atoms with Gasteiger partial charge in [-0.05, 0) is 18.8 Å². The number of amides is 3. The summed E-state index contributed by atoms with van der Waals surface area (Å²) in [6.45, 7) is 5.40. The Kier molecular flexibility index (Phi) is 5.19. The number of H-pyrrole nitrogens is 1. The van der Waals surface area contributed by atoms with E-state index in [9.17, 15) is 9.59 Å². The quantitative estimate of drug-likeness (QED) is 0.742. The van der Waals surface area contributed by atoms with Crippen LogP contribution in [0.2, 0.25) is 0 Å². The molecule has 2 aromatic rings. The summed E-state index contributed by atoms with van der Waals surface area (Å²) in [5.74, 6) is 0.784. The van der Waals surface area contributed by atoms with Crippen molar-refractivity contribution >= 4 is 17.8 Å². The maximum absolute atomic E-state index is 12.5. The minimum atomic E-state index is -0.462. The third-order valence-electron chi connectivity index (χ3n) is 4.47. The van der Waals surface area contributed by atoms with Gasteiger partial charge in [0.15, 0.2) is 11.5 Å². The van der Waals surface area contributed by atoms with Gasteiger partial charge < -0.3 is 14.8 Å². The largest absolute Gasteiger partial charge is 0.337 e. The number of aromatic amines is 1. The van der Waals surface area contributed by atoms with Crippen LogP contribution in [0.4, 0.5) is 10.6 Å². The molecule has 0 aromatic carbocycles. The van der Waals surface area contributed by atoms with Gasteiger partial charge in [-0.25, -0.2) is 9.78 Å². The zero-order valence-electron chi connectivity index (χ0n) is 15.2. The van der Waals surface area contributed by atoms with Crippen LogP contribution in [0.25, 0.3) is 0 Å². The molecule has 3 N–H and O–H groups in total. The molecule has 0 spiro atoms. The number of nitrogens with zero attached hydrogens (tertiary/aromatic N) is 5. The first-order chi connectivity index (χ1) is 12.5. The van der Waals surface area contributed by atoms with Crippen molar-refractivity contribution < 1.29 is 9.59 Å². The Bertz CT molecular complexity index is 775. The van der Waals surface area contributed by atoms with Gasteiger partial charge in [0.25, 0.3) is 5.91 Å². The molecule has 3 amide bonds. The fourth-order valence-corrected chi connectivity index (χ4v) is 3.03. The van der Waals surface area contributed by atoms with Crippen molar-refractivity contribution in [1.29, 1.82) is 0 Å². The second kappa shape index (κ2) is 7.54. The maximum Gasteiger partial charge on any atom is 0.321 e. The molecule has 0 saturated carbocycles. The number of imidazole rings is 1. The fraction of sp³-hybridized carbons (Fsp3) is 0.562. The number of urea groups is 1. The van der Waals surface area contributed by atoms with Crippen LogP contribution in [0.5, 0.6) is 0 Å². The van der Waals surface area contributed by atoms with Gasteiger partial charge in [0, 0.05) is 32.5 Å². The Morgan fingerprint density at radius 3 is 2.58 bits per heavy atom. The minimum Gasteiger partial charge on any atom is -0.337 e. The number of likely N-dealkylation sites (tertiary alicyclic amines) is 1. The summed E-state index contributed by atoms with van der Waals surface area (Å²) in [5.41, 5.74) is 0.125. The van der Waals surface area contributed by atoms with Crippen molar-refractivity contribution in [3.8, 4) is 0 Å². The summed E-state index contributed by atoms with van der Waals surface area (Å²) in [6.07, 6.45) is 5.47. The molecule has 0 bridgehead atoms. The van der Waals surface area contributed by atoms with Gasteiger partial charge in [0.05, 0.1) is 6.04 Å². The van der Waals surface area contributed by atoms with Gasteiger partial charge in [-0.2, -0.15) is 5.21 Å². The van der Waals surface area contributed by atoms with Crippen LogP contribution in [0.3, 0.4) is 0 Å². The average molecular weight is 360 g/mol. The van der Waals surface area contributed by atoms with Gasteiger partial charge in [0.1, 0.15) is 5.82 Å². The van der Waals surface area contributed by atoms with Crippen LogP contribution in [-0.4, -0.2) is 54.9 Å². The molecule has 1 unspecified atom stereocenters. The average Bonchev–Trinajstić information content (AvgIpc) is 3.34. The van der Waals surface area contributed by atoms with Crippen LogP contribution >= 0.6 is 0 Å². The molecule has 0 radical (unpaired) electrons. The highest BCUT2D eigenvalue weighted by Crippen LogP contribution is 2.20. The van der Waals surface area contributed by atoms with Crippen molar-refractivity contribution in [2.45, 2.75) is 32.7 Å². The summed E-state index contributed by atoms with van der Waals surface area (Å²) < 4.78 is 1.86. The Balaban J connectivity index is 1.69. The van der Waals surface area contributed by atoms with E-state index in [1.807, 2.05) is 31.7 Å². The molecule has 10 heteroatoms. The topological polar surface area (TPSA) is 121 Å². The van der Waals surface area contributed by atoms with Crippen LogP contribution in [0, 0.1) is 5.92 Å². The van der Waals surface area contributed by atoms with Gasteiger partial charge in [-0.1, -0.05) is 13.8 Å². The van der Waals surface area contributed by atoms with Gasteiger partial charge in [-0.3, -0.25) is 10.1 Å². The lowest BCUT2D eigenvalue weighted by Gasteiger charge is -2.22. The van der Waals surface area contributed by atoms with Crippen molar-refractivity contribution in [2.75, 3.05) is 18.4 Å². The Hall–Kier alpha value is -2.91. The van der Waals surface area contributed by atoms with Crippen molar-refractivity contribution in [2.24, 2.45) is 13.0 Å². The number of aromatic nitrogens is 5. The molecule has 10 nitrogen and oxygen atoms in total. The van der Waals surface area contributed by atoms with E-state index in [1.54, 1.807) is 11.1 Å². The Labute approximate surface area is 151 Å². The zero-order valence-corrected chi connectivity index (χ0v) is 15.2. The summed E-state index contributed by atoms with van der Waals surface area (Å²) in [5, 5.41) is 15.7. The first-order valence-electron chi connectivity index (χ1n) is 8.72. The number of aryl methyl sites for hydroxylation is 1. The maximum atomic E-state index is 12.5. The van der Waals surface area contributed by atoms with E-state index in [2.05, 4.69) is 31.0 Å². The van der Waals surface area contributed by atoms with Crippen molar-refractivity contribution in [1.82, 2.24) is 35.2 Å². The van der Waals surface area contributed by atoms with E-state index in [0.29, 0.717) is 13.1 Å². The van der Waals surface area contributed by atoms with Crippen molar-refractivity contribution in [3.05, 3.63) is 23.9 Å². The fourth-order valence-electron chi connectivity index (χ4n) is 3.03. The molecule has 140 valence electrons. The Morgan fingerprint density at radius 1 is 1.23 bits per heavy atom. The van der Waals surface area contributed by atoms with Gasteiger partial charge in [-0.15, -0.1) is 10.2 Å². The molecule has 1 saturated heterocycles. The number of nitrogens with one attached hydrogen (secondary N) is 3. The molecule has 1 aliphatic rings. The summed E-state index contributed by atoms with van der Waals surface area (Å²) in [7, 11) is 1.88. The molecule has 3 heterocycles. The zero-order chi connectivity index (χ0) is 18.7. The molecular formula is C16H24N8O2. The van der Waals surface area contributed by atoms with E-state index >= 15 is 0 Å². The predicted octanol–water partition coefficient (Wildman–Crippen LogP) is 1.29. The highest BCUT2D eigenvalue weighted by Gasteiger charge is 2.27. The second-order valence-corrected chi connectivity index (χ2v) is 6.74. The first-order valence-corrected chi connectivity index (χ1v) is 8.72. The molecule has 3 rings (SSSR count). The highest BCUT2D eigenvalue weighted by atomic mass is 16.2. The number of hydrogen-bond donors (Lipinski definition) is 3. The molecule has 1 atom stereocenters. The highest BCUT2D eigenvalue weighted by molar-refractivity contribution is 6.00. The van der Waals surface area contributed by atoms with E-state index in [-0.39, 0.29) is 29.4 Å². The number of rotatable bonds is 5. The predicted molar refractivity (Wildman–Crippen MR) is 94.5 cm³/mol. The van der Waals surface area contributed by atoms with Crippen LogP contribution in [-0.2, 0) is 7.05 Å². The van der Waals surface area contributed by atoms with E-state index < -0.39 is 6.03 Å². The third-order valence-corrected chi connectivity index (χ3v) is 4.47. The first kappa shape index (κ1) is 17.9.